The van der Waals surface area contributed by atoms with Gasteiger partial charge in [0.1, 0.15) is 17.1 Å². The Morgan fingerprint density at radius 1 is 1.03 bits per heavy atom. The number of ketones is 1. The molecule has 0 radical (unpaired) electrons. The topological polar surface area (TPSA) is 131 Å². The highest BCUT2D eigenvalue weighted by atomic mass is 32.2. The maximum Gasteiger partial charge on any atom is 0.332 e. The van der Waals surface area contributed by atoms with Gasteiger partial charge in [0, 0.05) is 20.2 Å². The predicted molar refractivity (Wildman–Crippen MR) is 135 cm³/mol. The molecule has 35 heavy (non-hydrogen) atoms. The minimum absolute atomic E-state index is 0.216. The van der Waals surface area contributed by atoms with E-state index in [9.17, 15) is 19.2 Å². The van der Waals surface area contributed by atoms with Crippen molar-refractivity contribution in [3.8, 4) is 11.4 Å². The molecule has 0 saturated carbocycles. The third-order valence-corrected chi connectivity index (χ3v) is 6.72. The highest BCUT2D eigenvalue weighted by Gasteiger charge is 2.27. The minimum atomic E-state index is -0.854. The fraction of sp³-hybridized carbons (Fsp3) is 0.208. The standard InChI is InChI=1S/C24H23N5O5S/c1-13(19(30)18-20(25)27(2)24(33)28(3)22(18)32)35-23-26-17-11-6-5-10-16(17)21(31)29(23)14-8-7-9-15(12-14)34-4/h5-13H,25H2,1-4H3. The van der Waals surface area contributed by atoms with Crippen molar-refractivity contribution in [1.29, 1.82) is 0 Å². The van der Waals surface area contributed by atoms with E-state index in [-0.39, 0.29) is 22.1 Å². The van der Waals surface area contributed by atoms with Crippen LogP contribution in [0.4, 0.5) is 5.82 Å². The molecule has 0 aliphatic rings. The van der Waals surface area contributed by atoms with Crippen LogP contribution in [0.1, 0.15) is 17.3 Å². The summed E-state index contributed by atoms with van der Waals surface area (Å²) in [5, 5.41) is -0.190. The first-order chi connectivity index (χ1) is 16.6. The quantitative estimate of drug-likeness (QED) is 0.244. The van der Waals surface area contributed by atoms with E-state index >= 15 is 0 Å². The number of carbonyl (C=O) groups is 1. The SMILES string of the molecule is COc1cccc(-n2c(SC(C)C(=O)c3c(N)n(C)c(=O)n(C)c3=O)nc3ccccc3c2=O)c1. The number of Topliss-reactive ketones (excluding diaryl/α,β-unsaturated/α-hetero) is 1. The number of nitrogens with two attached hydrogens (primary N) is 1. The first kappa shape index (κ1) is 24.0. The molecule has 1 atom stereocenters. The second kappa shape index (κ2) is 9.26. The number of carbonyl (C=O) groups excluding carboxylic acids is 1. The lowest BCUT2D eigenvalue weighted by Gasteiger charge is -2.17. The van der Waals surface area contributed by atoms with Gasteiger partial charge in [0.2, 0.25) is 0 Å². The molecule has 2 heterocycles. The van der Waals surface area contributed by atoms with Gasteiger partial charge in [-0.05, 0) is 31.2 Å². The van der Waals surface area contributed by atoms with Gasteiger partial charge in [0.15, 0.2) is 10.9 Å². The van der Waals surface area contributed by atoms with Gasteiger partial charge in [-0.2, -0.15) is 0 Å². The molecule has 2 N–H and O–H groups in total. The largest absolute Gasteiger partial charge is 0.497 e. The molecule has 0 aliphatic carbocycles. The summed E-state index contributed by atoms with van der Waals surface area (Å²) in [6.45, 7) is 1.59. The zero-order valence-electron chi connectivity index (χ0n) is 19.5. The zero-order valence-corrected chi connectivity index (χ0v) is 20.3. The predicted octanol–water partition coefficient (Wildman–Crippen LogP) is 1.74. The number of methoxy groups -OCH3 is 1. The number of aromatic nitrogens is 4. The fourth-order valence-corrected chi connectivity index (χ4v) is 4.66. The molecule has 0 saturated heterocycles. The number of para-hydroxylation sites is 1. The molecule has 4 rings (SSSR count). The Hall–Kier alpha value is -4.12. The van der Waals surface area contributed by atoms with Crippen LogP contribution in [0.5, 0.6) is 5.75 Å². The highest BCUT2D eigenvalue weighted by Crippen LogP contribution is 2.28. The third kappa shape index (κ3) is 4.14. The molecular weight excluding hydrogens is 470 g/mol. The Balaban J connectivity index is 1.87. The molecule has 0 fully saturated rings. The molecule has 0 amide bonds. The van der Waals surface area contributed by atoms with E-state index in [1.165, 1.54) is 25.8 Å². The highest BCUT2D eigenvalue weighted by molar-refractivity contribution is 8.00. The lowest BCUT2D eigenvalue weighted by Crippen LogP contribution is -2.42. The molecule has 0 bridgehead atoms. The number of nitrogens with zero attached hydrogens (tertiary/aromatic N) is 4. The summed E-state index contributed by atoms with van der Waals surface area (Å²) in [6.07, 6.45) is 0. The summed E-state index contributed by atoms with van der Waals surface area (Å²) < 4.78 is 8.59. The number of ether oxygens (including phenoxy) is 1. The molecule has 180 valence electrons. The van der Waals surface area contributed by atoms with Crippen molar-refractivity contribution in [3.05, 3.63) is 85.3 Å². The first-order valence-corrected chi connectivity index (χ1v) is 11.5. The molecule has 4 aromatic rings. The Morgan fingerprint density at radius 2 is 1.74 bits per heavy atom. The second-order valence-electron chi connectivity index (χ2n) is 7.84. The lowest BCUT2D eigenvalue weighted by molar-refractivity contribution is 0.0992. The van der Waals surface area contributed by atoms with Crippen molar-refractivity contribution in [2.45, 2.75) is 17.3 Å². The molecule has 1 unspecified atom stereocenters. The van der Waals surface area contributed by atoms with Gasteiger partial charge in [-0.1, -0.05) is 30.0 Å². The second-order valence-corrected chi connectivity index (χ2v) is 9.15. The maximum atomic E-state index is 13.5. The average Bonchev–Trinajstić information content (AvgIpc) is 2.86. The number of nitrogen functional groups attached to an aromatic ring is 1. The average molecular weight is 494 g/mol. The van der Waals surface area contributed by atoms with Crippen LogP contribution in [0, 0.1) is 0 Å². The van der Waals surface area contributed by atoms with Crippen molar-refractivity contribution in [2.24, 2.45) is 14.1 Å². The molecule has 11 heteroatoms. The monoisotopic (exact) mass is 493 g/mol. The summed E-state index contributed by atoms with van der Waals surface area (Å²) in [4.78, 5) is 56.3. The van der Waals surface area contributed by atoms with Crippen LogP contribution in [0.2, 0.25) is 0 Å². The zero-order chi connectivity index (χ0) is 25.4. The van der Waals surface area contributed by atoms with Gasteiger partial charge in [-0.25, -0.2) is 9.78 Å². The van der Waals surface area contributed by atoms with Crippen LogP contribution >= 0.6 is 11.8 Å². The van der Waals surface area contributed by atoms with Crippen LogP contribution in [0.25, 0.3) is 16.6 Å². The Labute approximate surface area is 203 Å². The van der Waals surface area contributed by atoms with Gasteiger partial charge < -0.3 is 10.5 Å². The normalized spacial score (nSPS) is 12.0. The summed E-state index contributed by atoms with van der Waals surface area (Å²) in [5.74, 6) is -0.250. The minimum Gasteiger partial charge on any atom is -0.497 e. The molecule has 2 aromatic carbocycles. The van der Waals surface area contributed by atoms with Gasteiger partial charge in [-0.3, -0.25) is 28.1 Å². The molecule has 0 aliphatic heterocycles. The summed E-state index contributed by atoms with van der Waals surface area (Å²) >= 11 is 1.01. The van der Waals surface area contributed by atoms with Crippen molar-refractivity contribution >= 4 is 34.3 Å². The molecule has 10 nitrogen and oxygen atoms in total. The van der Waals surface area contributed by atoms with Crippen molar-refractivity contribution in [2.75, 3.05) is 12.8 Å². The lowest BCUT2D eigenvalue weighted by atomic mass is 10.1. The van der Waals surface area contributed by atoms with E-state index in [1.54, 1.807) is 55.5 Å². The fourth-order valence-electron chi connectivity index (χ4n) is 3.68. The number of rotatable bonds is 6. The van der Waals surface area contributed by atoms with E-state index in [0.717, 1.165) is 20.9 Å². The van der Waals surface area contributed by atoms with Crippen LogP contribution in [-0.4, -0.2) is 36.8 Å². The van der Waals surface area contributed by atoms with Crippen molar-refractivity contribution in [3.63, 3.8) is 0 Å². The Morgan fingerprint density at radius 3 is 2.46 bits per heavy atom. The van der Waals surface area contributed by atoms with Gasteiger partial charge in [0.25, 0.3) is 11.1 Å². The molecular formula is C24H23N5O5S. The Kier molecular flexibility index (Phi) is 6.35. The Bertz CT molecular complexity index is 1650. The van der Waals surface area contributed by atoms with Gasteiger partial charge in [0.05, 0.1) is 29.0 Å². The van der Waals surface area contributed by atoms with Crippen molar-refractivity contribution in [1.82, 2.24) is 18.7 Å². The third-order valence-electron chi connectivity index (χ3n) is 5.66. The van der Waals surface area contributed by atoms with Crippen molar-refractivity contribution < 1.29 is 9.53 Å². The van der Waals surface area contributed by atoms with E-state index in [1.807, 2.05) is 0 Å². The summed E-state index contributed by atoms with van der Waals surface area (Å²) in [5.41, 5.74) is 4.93. The van der Waals surface area contributed by atoms with Gasteiger partial charge in [-0.15, -0.1) is 0 Å². The van der Waals surface area contributed by atoms with Crippen LogP contribution in [0.3, 0.4) is 0 Å². The van der Waals surface area contributed by atoms with Crippen LogP contribution in [0.15, 0.2) is 68.1 Å². The van der Waals surface area contributed by atoms with Crippen LogP contribution in [-0.2, 0) is 14.1 Å². The number of anilines is 1. The molecule has 2 aromatic heterocycles. The maximum absolute atomic E-state index is 13.5. The molecule has 0 spiro atoms. The van der Waals surface area contributed by atoms with E-state index in [2.05, 4.69) is 4.98 Å². The number of hydrogen-bond donors (Lipinski definition) is 1. The summed E-state index contributed by atoms with van der Waals surface area (Å²) in [6, 6.07) is 13.8. The van der Waals surface area contributed by atoms with E-state index in [4.69, 9.17) is 10.5 Å². The first-order valence-electron chi connectivity index (χ1n) is 10.6. The van der Waals surface area contributed by atoms with E-state index < -0.39 is 22.3 Å². The number of thioether (sulfide) groups is 1. The van der Waals surface area contributed by atoms with Crippen LogP contribution < -0.4 is 27.3 Å². The summed E-state index contributed by atoms with van der Waals surface area (Å²) in [7, 11) is 4.19. The number of benzene rings is 2. The smallest absolute Gasteiger partial charge is 0.332 e. The number of hydrogen-bond acceptors (Lipinski definition) is 8. The van der Waals surface area contributed by atoms with E-state index in [0.29, 0.717) is 22.3 Å². The number of fused-ring (bicyclic) bond motifs is 1. The van der Waals surface area contributed by atoms with Gasteiger partial charge >= 0.3 is 5.69 Å².